The fourth-order valence-corrected chi connectivity index (χ4v) is 4.07. The quantitative estimate of drug-likeness (QED) is 0.202. The van der Waals surface area contributed by atoms with E-state index in [0.717, 1.165) is 36.4 Å². The zero-order chi connectivity index (χ0) is 22.4. The van der Waals surface area contributed by atoms with Crippen LogP contribution in [0.3, 0.4) is 0 Å². The Kier molecular flexibility index (Phi) is 7.41. The number of carbonyl (C=O) groups excluding carboxylic acids is 1. The van der Waals surface area contributed by atoms with Crippen LogP contribution in [0.5, 0.6) is 5.75 Å². The lowest BCUT2D eigenvalue weighted by Crippen LogP contribution is -2.05. The molecule has 0 N–H and O–H groups in total. The summed E-state index contributed by atoms with van der Waals surface area (Å²) in [6.45, 7) is 2.03. The van der Waals surface area contributed by atoms with Crippen molar-refractivity contribution in [2.75, 3.05) is 12.9 Å². The molecule has 0 saturated heterocycles. The minimum absolute atomic E-state index is 0.0937. The number of carbonyl (C=O) groups is 1. The minimum atomic E-state index is -0.508. The molecule has 0 saturated carbocycles. The Bertz CT molecular complexity index is 1100. The van der Waals surface area contributed by atoms with Crippen LogP contribution in [0, 0.1) is 17.0 Å². The van der Waals surface area contributed by atoms with Crippen LogP contribution in [-0.4, -0.2) is 38.3 Å². The van der Waals surface area contributed by atoms with E-state index in [2.05, 4.69) is 22.3 Å². The predicted molar refractivity (Wildman–Crippen MR) is 119 cm³/mol. The van der Waals surface area contributed by atoms with E-state index < -0.39 is 4.92 Å². The summed E-state index contributed by atoms with van der Waals surface area (Å²) in [5.74, 6) is 1.69. The van der Waals surface area contributed by atoms with Crippen LogP contribution < -0.4 is 4.74 Å². The van der Waals surface area contributed by atoms with Crippen molar-refractivity contribution >= 4 is 23.2 Å². The standard InChI is InChI=1S/C22H24N4O4S/c1-15-12-16(10-11-20(15)30-3)6-4-9-21-23-24-22(25(21)2)31-14-19(27)17-7-5-8-18(13-17)26(28)29/h5,7-8,10-13H,4,6,9,14H2,1-3H3. The molecule has 0 unspecified atom stereocenters. The van der Waals surface area contributed by atoms with Gasteiger partial charge in [0, 0.05) is 31.2 Å². The molecule has 1 aromatic heterocycles. The molecular weight excluding hydrogens is 416 g/mol. The fraction of sp³-hybridized carbons (Fsp3) is 0.318. The molecule has 31 heavy (non-hydrogen) atoms. The molecule has 0 aliphatic heterocycles. The monoisotopic (exact) mass is 440 g/mol. The van der Waals surface area contributed by atoms with Gasteiger partial charge in [-0.25, -0.2) is 0 Å². The van der Waals surface area contributed by atoms with Gasteiger partial charge >= 0.3 is 0 Å². The smallest absolute Gasteiger partial charge is 0.270 e. The van der Waals surface area contributed by atoms with Crippen LogP contribution in [0.15, 0.2) is 47.6 Å². The third-order valence-electron chi connectivity index (χ3n) is 4.96. The number of aryl methyl sites for hydroxylation is 3. The molecule has 0 radical (unpaired) electrons. The molecule has 0 atom stereocenters. The summed E-state index contributed by atoms with van der Waals surface area (Å²) in [6, 6.07) is 12.0. The predicted octanol–water partition coefficient (Wildman–Crippen LogP) is 4.19. The average molecular weight is 441 g/mol. The van der Waals surface area contributed by atoms with E-state index in [0.29, 0.717) is 10.7 Å². The van der Waals surface area contributed by atoms with Crippen molar-refractivity contribution in [3.8, 4) is 5.75 Å². The maximum atomic E-state index is 12.4. The SMILES string of the molecule is COc1ccc(CCCc2nnc(SCC(=O)c3cccc([N+](=O)[O-])c3)n2C)cc1C. The Morgan fingerprint density at radius 3 is 2.71 bits per heavy atom. The third kappa shape index (κ3) is 5.69. The number of hydrogen-bond donors (Lipinski definition) is 0. The van der Waals surface area contributed by atoms with Gasteiger partial charge in [0.2, 0.25) is 0 Å². The second-order valence-corrected chi connectivity index (χ2v) is 8.08. The summed E-state index contributed by atoms with van der Waals surface area (Å²) in [6.07, 6.45) is 2.62. The number of hydrogen-bond acceptors (Lipinski definition) is 7. The molecule has 2 aromatic carbocycles. The Hall–Kier alpha value is -3.20. The first-order chi connectivity index (χ1) is 14.9. The molecular formula is C22H24N4O4S. The first-order valence-electron chi connectivity index (χ1n) is 9.81. The van der Waals surface area contributed by atoms with Gasteiger partial charge in [-0.2, -0.15) is 0 Å². The highest BCUT2D eigenvalue weighted by Crippen LogP contribution is 2.22. The van der Waals surface area contributed by atoms with Crippen molar-refractivity contribution in [2.24, 2.45) is 7.05 Å². The molecule has 0 fully saturated rings. The number of benzene rings is 2. The molecule has 3 aromatic rings. The van der Waals surface area contributed by atoms with Gasteiger partial charge in [0.1, 0.15) is 11.6 Å². The molecule has 0 bridgehead atoms. The van der Waals surface area contributed by atoms with Gasteiger partial charge in [-0.3, -0.25) is 14.9 Å². The fourth-order valence-electron chi connectivity index (χ4n) is 3.24. The number of aromatic nitrogens is 3. The normalized spacial score (nSPS) is 10.8. The summed E-state index contributed by atoms with van der Waals surface area (Å²) >= 11 is 1.28. The van der Waals surface area contributed by atoms with Gasteiger partial charge in [-0.15, -0.1) is 10.2 Å². The van der Waals surface area contributed by atoms with Crippen molar-refractivity contribution in [1.82, 2.24) is 14.8 Å². The number of ketones is 1. The number of nitro groups is 1. The van der Waals surface area contributed by atoms with Crippen LogP contribution in [0.1, 0.15) is 33.7 Å². The Balaban J connectivity index is 1.54. The molecule has 0 amide bonds. The zero-order valence-electron chi connectivity index (χ0n) is 17.7. The summed E-state index contributed by atoms with van der Waals surface area (Å²) in [7, 11) is 3.55. The highest BCUT2D eigenvalue weighted by atomic mass is 32.2. The first kappa shape index (κ1) is 22.5. The second-order valence-electron chi connectivity index (χ2n) is 7.13. The Morgan fingerprint density at radius 2 is 2.00 bits per heavy atom. The van der Waals surface area contributed by atoms with Crippen molar-refractivity contribution in [3.63, 3.8) is 0 Å². The topological polar surface area (TPSA) is 100 Å². The van der Waals surface area contributed by atoms with Gasteiger partial charge in [0.15, 0.2) is 10.9 Å². The van der Waals surface area contributed by atoms with Gasteiger partial charge in [0.25, 0.3) is 5.69 Å². The lowest BCUT2D eigenvalue weighted by atomic mass is 10.0. The number of thioether (sulfide) groups is 1. The van der Waals surface area contributed by atoms with E-state index in [1.807, 2.05) is 24.6 Å². The largest absolute Gasteiger partial charge is 0.496 e. The number of rotatable bonds is 10. The van der Waals surface area contributed by atoms with Gasteiger partial charge in [-0.05, 0) is 37.0 Å². The third-order valence-corrected chi connectivity index (χ3v) is 5.98. The van der Waals surface area contributed by atoms with E-state index in [9.17, 15) is 14.9 Å². The maximum absolute atomic E-state index is 12.4. The van der Waals surface area contributed by atoms with Gasteiger partial charge in [0.05, 0.1) is 17.8 Å². The molecule has 8 nitrogen and oxygen atoms in total. The van der Waals surface area contributed by atoms with Crippen LogP contribution in [-0.2, 0) is 19.9 Å². The molecule has 0 aliphatic carbocycles. The second kappa shape index (κ2) is 10.2. The van der Waals surface area contributed by atoms with Gasteiger partial charge < -0.3 is 9.30 Å². The van der Waals surface area contributed by atoms with Crippen LogP contribution in [0.2, 0.25) is 0 Å². The summed E-state index contributed by atoms with van der Waals surface area (Å²) < 4.78 is 7.19. The Labute approximate surface area is 184 Å². The van der Waals surface area contributed by atoms with Crippen LogP contribution in [0.25, 0.3) is 0 Å². The lowest BCUT2D eigenvalue weighted by Gasteiger charge is -2.07. The highest BCUT2D eigenvalue weighted by molar-refractivity contribution is 7.99. The lowest BCUT2D eigenvalue weighted by molar-refractivity contribution is -0.384. The number of non-ortho nitro benzene ring substituents is 1. The first-order valence-corrected chi connectivity index (χ1v) is 10.8. The van der Waals surface area contributed by atoms with E-state index in [1.54, 1.807) is 13.2 Å². The Morgan fingerprint density at radius 1 is 1.19 bits per heavy atom. The summed E-state index contributed by atoms with van der Waals surface area (Å²) in [5, 5.41) is 20.0. The highest BCUT2D eigenvalue weighted by Gasteiger charge is 2.15. The summed E-state index contributed by atoms with van der Waals surface area (Å²) in [4.78, 5) is 22.8. The van der Waals surface area contributed by atoms with Crippen molar-refractivity contribution in [1.29, 1.82) is 0 Å². The number of nitrogens with zero attached hydrogens (tertiary/aromatic N) is 4. The number of methoxy groups -OCH3 is 1. The van der Waals surface area contributed by atoms with E-state index in [4.69, 9.17) is 4.74 Å². The van der Waals surface area contributed by atoms with E-state index in [1.165, 1.54) is 35.5 Å². The van der Waals surface area contributed by atoms with Crippen molar-refractivity contribution in [2.45, 2.75) is 31.3 Å². The summed E-state index contributed by atoms with van der Waals surface area (Å²) in [5.41, 5.74) is 2.59. The van der Waals surface area contributed by atoms with Crippen LogP contribution in [0.4, 0.5) is 5.69 Å². The van der Waals surface area contributed by atoms with Gasteiger partial charge in [-0.1, -0.05) is 36.0 Å². The molecule has 9 heteroatoms. The minimum Gasteiger partial charge on any atom is -0.496 e. The zero-order valence-corrected chi connectivity index (χ0v) is 18.5. The van der Waals surface area contributed by atoms with Crippen molar-refractivity contribution < 1.29 is 14.5 Å². The molecule has 162 valence electrons. The molecule has 0 spiro atoms. The number of Topliss-reactive ketones (excluding diaryl/α,β-unsaturated/α-hetero) is 1. The van der Waals surface area contributed by atoms with E-state index in [-0.39, 0.29) is 17.2 Å². The number of nitro benzene ring substituents is 1. The van der Waals surface area contributed by atoms with Crippen LogP contribution >= 0.6 is 11.8 Å². The van der Waals surface area contributed by atoms with Crippen molar-refractivity contribution in [3.05, 3.63) is 75.1 Å². The molecule has 3 rings (SSSR count). The maximum Gasteiger partial charge on any atom is 0.270 e. The molecule has 1 heterocycles. The number of ether oxygens (including phenoxy) is 1. The molecule has 0 aliphatic rings. The average Bonchev–Trinajstić information content (AvgIpc) is 3.11. The van der Waals surface area contributed by atoms with E-state index >= 15 is 0 Å².